The zero-order valence-electron chi connectivity index (χ0n) is 11.1. The quantitative estimate of drug-likeness (QED) is 0.775. The Morgan fingerprint density at radius 3 is 2.47 bits per heavy atom. The number of carbonyl (C=O) groups is 1. The summed E-state index contributed by atoms with van der Waals surface area (Å²) < 4.78 is 0. The van der Waals surface area contributed by atoms with E-state index in [0.29, 0.717) is 11.6 Å². The van der Waals surface area contributed by atoms with Crippen molar-refractivity contribution in [1.29, 1.82) is 0 Å². The van der Waals surface area contributed by atoms with Crippen molar-refractivity contribution >= 4 is 5.78 Å². The first-order valence-electron chi connectivity index (χ1n) is 6.82. The minimum atomic E-state index is 0.0123. The Bertz CT molecular complexity index is 597. The highest BCUT2D eigenvalue weighted by molar-refractivity contribution is 6.08. The fraction of sp³-hybridized carbons (Fsp3) is 0.294. The van der Waals surface area contributed by atoms with E-state index >= 15 is 0 Å². The molecule has 0 unspecified atom stereocenters. The normalized spacial score (nSPS) is 15.0. The first-order chi connectivity index (χ1) is 9.25. The van der Waals surface area contributed by atoms with Crippen LogP contribution in [0.1, 0.15) is 52.4 Å². The van der Waals surface area contributed by atoms with Gasteiger partial charge < -0.3 is 0 Å². The van der Waals surface area contributed by atoms with E-state index in [1.165, 1.54) is 24.8 Å². The minimum absolute atomic E-state index is 0.0123. The maximum atomic E-state index is 12.4. The van der Waals surface area contributed by atoms with Gasteiger partial charge in [0.05, 0.1) is 0 Å². The van der Waals surface area contributed by atoms with Gasteiger partial charge in [-0.05, 0) is 42.9 Å². The van der Waals surface area contributed by atoms with Crippen LogP contribution in [0.15, 0.2) is 42.6 Å². The third kappa shape index (κ3) is 2.30. The largest absolute Gasteiger partial charge is 0.287 e. The van der Waals surface area contributed by atoms with Crippen LogP contribution in [0.4, 0.5) is 0 Å². The van der Waals surface area contributed by atoms with Gasteiger partial charge in [-0.15, -0.1) is 0 Å². The van der Waals surface area contributed by atoms with Gasteiger partial charge in [0.25, 0.3) is 0 Å². The second-order valence-electron chi connectivity index (χ2n) is 5.25. The molecule has 0 N–H and O–H groups in total. The summed E-state index contributed by atoms with van der Waals surface area (Å²) in [6, 6.07) is 11.8. The monoisotopic (exact) mass is 251 g/mol. The van der Waals surface area contributed by atoms with E-state index in [1.54, 1.807) is 6.20 Å². The van der Waals surface area contributed by atoms with Crippen molar-refractivity contribution in [2.75, 3.05) is 0 Å². The highest BCUT2D eigenvalue weighted by atomic mass is 16.1. The van der Waals surface area contributed by atoms with Crippen LogP contribution in [0.25, 0.3) is 0 Å². The molecule has 0 atom stereocenters. The van der Waals surface area contributed by atoms with Crippen molar-refractivity contribution in [2.24, 2.45) is 0 Å². The molecule has 0 amide bonds. The van der Waals surface area contributed by atoms with Gasteiger partial charge in [0.2, 0.25) is 5.78 Å². The average molecular weight is 251 g/mol. The highest BCUT2D eigenvalue weighted by Gasteiger charge is 2.20. The number of pyridine rings is 1. The van der Waals surface area contributed by atoms with Crippen molar-refractivity contribution in [2.45, 2.75) is 32.1 Å². The molecule has 1 aliphatic carbocycles. The molecule has 1 fully saturated rings. The molecule has 0 saturated heterocycles. The number of rotatable bonds is 3. The molecule has 1 aliphatic rings. The summed E-state index contributed by atoms with van der Waals surface area (Å²) in [7, 11) is 0. The zero-order chi connectivity index (χ0) is 13.2. The van der Waals surface area contributed by atoms with Crippen molar-refractivity contribution < 1.29 is 4.79 Å². The van der Waals surface area contributed by atoms with Crippen molar-refractivity contribution in [1.82, 2.24) is 4.98 Å². The number of hydrogen-bond acceptors (Lipinski definition) is 2. The number of aromatic nitrogens is 1. The SMILES string of the molecule is Cc1cccnc1C(=O)c1ccc(C2CCC2)cc1. The van der Waals surface area contributed by atoms with Gasteiger partial charge in [0, 0.05) is 11.8 Å². The fourth-order valence-corrected chi connectivity index (χ4v) is 2.51. The highest BCUT2D eigenvalue weighted by Crippen LogP contribution is 2.36. The molecule has 1 aromatic carbocycles. The Labute approximate surface area is 113 Å². The van der Waals surface area contributed by atoms with Crippen molar-refractivity contribution in [3.8, 4) is 0 Å². The summed E-state index contributed by atoms with van der Waals surface area (Å²) >= 11 is 0. The molecular formula is C17H17NO. The first-order valence-corrected chi connectivity index (χ1v) is 6.82. The lowest BCUT2D eigenvalue weighted by molar-refractivity contribution is 0.103. The van der Waals surface area contributed by atoms with E-state index in [4.69, 9.17) is 0 Å². The number of carbonyl (C=O) groups excluding carboxylic acids is 1. The Hall–Kier alpha value is -1.96. The maximum absolute atomic E-state index is 12.4. The van der Waals surface area contributed by atoms with E-state index in [1.807, 2.05) is 31.2 Å². The van der Waals surface area contributed by atoms with E-state index in [0.717, 1.165) is 11.1 Å². The van der Waals surface area contributed by atoms with Crippen LogP contribution >= 0.6 is 0 Å². The number of nitrogens with zero attached hydrogens (tertiary/aromatic N) is 1. The molecule has 0 aliphatic heterocycles. The van der Waals surface area contributed by atoms with Gasteiger partial charge in [-0.2, -0.15) is 0 Å². The predicted octanol–water partition coefficient (Wildman–Crippen LogP) is 3.89. The molecule has 2 nitrogen and oxygen atoms in total. The summed E-state index contributed by atoms with van der Waals surface area (Å²) in [5, 5.41) is 0. The van der Waals surface area contributed by atoms with Crippen LogP contribution in [-0.4, -0.2) is 10.8 Å². The van der Waals surface area contributed by atoms with E-state index in [2.05, 4.69) is 17.1 Å². The molecule has 0 bridgehead atoms. The predicted molar refractivity (Wildman–Crippen MR) is 75.4 cm³/mol. The molecule has 1 aromatic heterocycles. The van der Waals surface area contributed by atoms with Crippen LogP contribution in [0, 0.1) is 6.92 Å². The number of hydrogen-bond donors (Lipinski definition) is 0. The number of ketones is 1. The van der Waals surface area contributed by atoms with E-state index in [9.17, 15) is 4.79 Å². The summed E-state index contributed by atoms with van der Waals surface area (Å²) in [6.07, 6.45) is 5.57. The lowest BCUT2D eigenvalue weighted by Gasteiger charge is -2.25. The molecule has 2 aromatic rings. The first kappa shape index (κ1) is 12.1. The van der Waals surface area contributed by atoms with Gasteiger partial charge in [0.15, 0.2) is 0 Å². The van der Waals surface area contributed by atoms with Crippen LogP contribution in [0.3, 0.4) is 0 Å². The second-order valence-corrected chi connectivity index (χ2v) is 5.25. The van der Waals surface area contributed by atoms with Gasteiger partial charge in [-0.3, -0.25) is 9.78 Å². The van der Waals surface area contributed by atoms with Gasteiger partial charge in [0.1, 0.15) is 5.69 Å². The van der Waals surface area contributed by atoms with Crippen molar-refractivity contribution in [3.05, 3.63) is 65.0 Å². The van der Waals surface area contributed by atoms with E-state index < -0.39 is 0 Å². The lowest BCUT2D eigenvalue weighted by atomic mass is 9.80. The second kappa shape index (κ2) is 4.96. The molecular weight excluding hydrogens is 234 g/mol. The Morgan fingerprint density at radius 1 is 1.16 bits per heavy atom. The van der Waals surface area contributed by atoms with Gasteiger partial charge in [-0.25, -0.2) is 0 Å². The minimum Gasteiger partial charge on any atom is -0.287 e. The third-order valence-electron chi connectivity index (χ3n) is 3.97. The van der Waals surface area contributed by atoms with Crippen LogP contribution < -0.4 is 0 Å². The summed E-state index contributed by atoms with van der Waals surface area (Å²) in [5.41, 5.74) is 3.57. The molecule has 0 spiro atoms. The molecule has 19 heavy (non-hydrogen) atoms. The smallest absolute Gasteiger partial charge is 0.211 e. The molecule has 96 valence electrons. The zero-order valence-corrected chi connectivity index (χ0v) is 11.1. The Morgan fingerprint density at radius 2 is 1.89 bits per heavy atom. The van der Waals surface area contributed by atoms with Crippen molar-refractivity contribution in [3.63, 3.8) is 0 Å². The molecule has 3 rings (SSSR count). The standard InChI is InChI=1S/C17H17NO/c1-12-4-3-11-18-16(12)17(19)15-9-7-14(8-10-15)13-5-2-6-13/h3-4,7-11,13H,2,5-6H2,1H3. The molecule has 2 heteroatoms. The Balaban J connectivity index is 1.86. The molecule has 1 saturated carbocycles. The number of benzene rings is 1. The third-order valence-corrected chi connectivity index (χ3v) is 3.97. The van der Waals surface area contributed by atoms with E-state index in [-0.39, 0.29) is 5.78 Å². The Kier molecular flexibility index (Phi) is 3.16. The van der Waals surface area contributed by atoms with Crippen LogP contribution in [-0.2, 0) is 0 Å². The molecule has 1 heterocycles. The maximum Gasteiger partial charge on any atom is 0.211 e. The summed E-state index contributed by atoms with van der Waals surface area (Å²) in [4.78, 5) is 16.6. The summed E-state index contributed by atoms with van der Waals surface area (Å²) in [6.45, 7) is 1.92. The topological polar surface area (TPSA) is 30.0 Å². The summed E-state index contributed by atoms with van der Waals surface area (Å²) in [5.74, 6) is 0.721. The van der Waals surface area contributed by atoms with Crippen LogP contribution in [0.5, 0.6) is 0 Å². The van der Waals surface area contributed by atoms with Gasteiger partial charge >= 0.3 is 0 Å². The fourth-order valence-electron chi connectivity index (χ4n) is 2.51. The van der Waals surface area contributed by atoms with Gasteiger partial charge in [-0.1, -0.05) is 36.8 Å². The number of aryl methyl sites for hydroxylation is 1. The lowest BCUT2D eigenvalue weighted by Crippen LogP contribution is -2.10. The van der Waals surface area contributed by atoms with Crippen LogP contribution in [0.2, 0.25) is 0 Å². The molecule has 0 radical (unpaired) electrons. The average Bonchev–Trinajstić information content (AvgIpc) is 2.37.